The number of benzene rings is 1. The molecule has 3 aliphatic carbocycles. The predicted octanol–water partition coefficient (Wildman–Crippen LogP) is 3.57. The van der Waals surface area contributed by atoms with E-state index in [-0.39, 0.29) is 41.5 Å². The first-order valence-corrected chi connectivity index (χ1v) is 11.8. The van der Waals surface area contributed by atoms with E-state index in [2.05, 4.69) is 6.58 Å². The lowest BCUT2D eigenvalue weighted by Crippen LogP contribution is -2.39. The second-order valence-corrected chi connectivity index (χ2v) is 9.50. The summed E-state index contributed by atoms with van der Waals surface area (Å²) in [5.74, 6) is -2.77. The molecule has 6 heteroatoms. The number of phenolic OH excluding ortho intramolecular Hbond substituents is 1. The fourth-order valence-corrected chi connectivity index (χ4v) is 6.28. The van der Waals surface area contributed by atoms with Crippen LogP contribution in [0.4, 0.5) is 0 Å². The zero-order valence-corrected chi connectivity index (χ0v) is 19.3. The van der Waals surface area contributed by atoms with Crippen LogP contribution in [0.5, 0.6) is 5.75 Å². The molecule has 0 spiro atoms. The van der Waals surface area contributed by atoms with Crippen LogP contribution in [0, 0.1) is 17.8 Å². The van der Waals surface area contributed by atoms with E-state index >= 15 is 0 Å². The molecule has 1 aromatic carbocycles. The van der Waals surface area contributed by atoms with Gasteiger partial charge in [-0.2, -0.15) is 0 Å². The number of likely N-dealkylation sites (tertiary alicyclic amines) is 1. The quantitative estimate of drug-likeness (QED) is 0.424. The van der Waals surface area contributed by atoms with Crippen molar-refractivity contribution in [1.82, 2.24) is 4.90 Å². The standard InChI is InChI=1S/C28H27NO5/c1-4-7-15-8-6-9-17(26(15)32)22-16-10-11-18-23(28(34)29(5-2)27(18)33)19(16)13-20-24(22)21(30)12-14(3)25(20)31/h4,6,8-10,12,18-19,22-23,32H,1,5,7,11,13H2,2-3H3. The number of imide groups is 1. The Balaban J connectivity index is 1.72. The summed E-state index contributed by atoms with van der Waals surface area (Å²) >= 11 is 0. The fourth-order valence-electron chi connectivity index (χ4n) is 6.28. The fraction of sp³-hybridized carbons (Fsp3) is 0.357. The highest BCUT2D eigenvalue weighted by Gasteiger charge is 2.56. The first-order valence-electron chi connectivity index (χ1n) is 11.8. The summed E-state index contributed by atoms with van der Waals surface area (Å²) in [6, 6.07) is 5.40. The molecule has 1 N–H and O–H groups in total. The minimum absolute atomic E-state index is 0.0680. The molecular formula is C28H27NO5. The van der Waals surface area contributed by atoms with Gasteiger partial charge in [-0.05, 0) is 50.7 Å². The third-order valence-electron chi connectivity index (χ3n) is 7.80. The van der Waals surface area contributed by atoms with Gasteiger partial charge >= 0.3 is 0 Å². The van der Waals surface area contributed by atoms with E-state index in [0.717, 1.165) is 5.57 Å². The van der Waals surface area contributed by atoms with Gasteiger partial charge in [0.2, 0.25) is 11.8 Å². The topological polar surface area (TPSA) is 91.8 Å². The van der Waals surface area contributed by atoms with Gasteiger partial charge in [-0.25, -0.2) is 0 Å². The van der Waals surface area contributed by atoms with Gasteiger partial charge in [0.25, 0.3) is 0 Å². The highest BCUT2D eigenvalue weighted by molar-refractivity contribution is 6.23. The Hall–Kier alpha value is -3.54. The van der Waals surface area contributed by atoms with Gasteiger partial charge in [-0.3, -0.25) is 24.1 Å². The van der Waals surface area contributed by atoms with Gasteiger partial charge in [0, 0.05) is 34.7 Å². The van der Waals surface area contributed by atoms with E-state index in [0.29, 0.717) is 47.2 Å². The largest absolute Gasteiger partial charge is 0.507 e. The Bertz CT molecular complexity index is 1260. The van der Waals surface area contributed by atoms with Crippen LogP contribution in [0.25, 0.3) is 0 Å². The average molecular weight is 458 g/mol. The zero-order chi connectivity index (χ0) is 24.3. The van der Waals surface area contributed by atoms with E-state index < -0.39 is 17.8 Å². The minimum Gasteiger partial charge on any atom is -0.507 e. The molecule has 1 fully saturated rings. The Morgan fingerprint density at radius 3 is 2.62 bits per heavy atom. The van der Waals surface area contributed by atoms with Gasteiger partial charge in [-0.15, -0.1) is 6.58 Å². The highest BCUT2D eigenvalue weighted by Crippen LogP contribution is 2.56. The number of aromatic hydroxyl groups is 1. The number of para-hydroxylation sites is 1. The van der Waals surface area contributed by atoms with Crippen molar-refractivity contribution in [1.29, 1.82) is 0 Å². The number of nitrogens with zero attached hydrogens (tertiary/aromatic N) is 1. The van der Waals surface area contributed by atoms with Crippen molar-refractivity contribution < 1.29 is 24.3 Å². The monoisotopic (exact) mass is 457 g/mol. The van der Waals surface area contributed by atoms with Crippen LogP contribution in [0.15, 0.2) is 65.3 Å². The molecule has 4 unspecified atom stereocenters. The summed E-state index contributed by atoms with van der Waals surface area (Å²) in [4.78, 5) is 54.0. The Morgan fingerprint density at radius 1 is 1.15 bits per heavy atom. The van der Waals surface area contributed by atoms with Crippen LogP contribution in [0.3, 0.4) is 0 Å². The Labute approximate surface area is 198 Å². The van der Waals surface area contributed by atoms with Crippen molar-refractivity contribution in [3.63, 3.8) is 0 Å². The molecule has 1 heterocycles. The molecule has 2 amide bonds. The first kappa shape index (κ1) is 22.3. The molecule has 0 radical (unpaired) electrons. The molecule has 4 aliphatic rings. The number of phenols is 1. The summed E-state index contributed by atoms with van der Waals surface area (Å²) in [5.41, 5.74) is 3.22. The second-order valence-electron chi connectivity index (χ2n) is 9.50. The van der Waals surface area contributed by atoms with E-state index in [4.69, 9.17) is 0 Å². The number of ketones is 2. The maximum Gasteiger partial charge on any atom is 0.233 e. The van der Waals surface area contributed by atoms with Crippen LogP contribution in [0.2, 0.25) is 0 Å². The smallest absolute Gasteiger partial charge is 0.233 e. The number of Topliss-reactive ketones (excluding diaryl/α,β-unsaturated/α-hetero) is 1. The molecule has 174 valence electrons. The number of rotatable bonds is 4. The summed E-state index contributed by atoms with van der Waals surface area (Å²) in [7, 11) is 0. The van der Waals surface area contributed by atoms with Crippen molar-refractivity contribution in [2.75, 3.05) is 6.54 Å². The van der Waals surface area contributed by atoms with Gasteiger partial charge < -0.3 is 5.11 Å². The van der Waals surface area contributed by atoms with Crippen molar-refractivity contribution in [2.24, 2.45) is 17.8 Å². The number of fused-ring (bicyclic) bond motifs is 3. The summed E-state index contributed by atoms with van der Waals surface area (Å²) in [5, 5.41) is 11.2. The third-order valence-corrected chi connectivity index (χ3v) is 7.80. The lowest BCUT2D eigenvalue weighted by atomic mass is 9.59. The predicted molar refractivity (Wildman–Crippen MR) is 126 cm³/mol. The number of carbonyl (C=O) groups is 4. The number of hydrogen-bond donors (Lipinski definition) is 1. The maximum atomic E-state index is 13.3. The van der Waals surface area contributed by atoms with Gasteiger partial charge in [0.05, 0.1) is 11.8 Å². The molecule has 1 saturated heterocycles. The SMILES string of the molecule is C=CCc1cccc(C2C3=CCC4C(=O)N(CC)C(=O)C4C3CC3=C2C(=O)C=C(C)C3=O)c1O. The third kappa shape index (κ3) is 3.01. The zero-order valence-electron chi connectivity index (χ0n) is 19.3. The number of carbonyl (C=O) groups excluding carboxylic acids is 4. The van der Waals surface area contributed by atoms with Gasteiger partial charge in [-0.1, -0.05) is 35.9 Å². The molecule has 0 saturated carbocycles. The Kier molecular flexibility index (Phi) is 5.27. The van der Waals surface area contributed by atoms with E-state index in [1.165, 1.54) is 11.0 Å². The molecule has 34 heavy (non-hydrogen) atoms. The molecule has 4 atom stereocenters. The van der Waals surface area contributed by atoms with Crippen LogP contribution >= 0.6 is 0 Å². The van der Waals surface area contributed by atoms with Crippen LogP contribution < -0.4 is 0 Å². The van der Waals surface area contributed by atoms with Crippen molar-refractivity contribution >= 4 is 23.4 Å². The molecule has 6 nitrogen and oxygen atoms in total. The highest BCUT2D eigenvalue weighted by atomic mass is 16.3. The normalized spacial score (nSPS) is 28.4. The Morgan fingerprint density at radius 2 is 1.91 bits per heavy atom. The molecule has 0 bridgehead atoms. The number of hydrogen-bond acceptors (Lipinski definition) is 5. The molecule has 1 aromatic rings. The molecule has 1 aliphatic heterocycles. The van der Waals surface area contributed by atoms with Crippen LogP contribution in [-0.2, 0) is 25.6 Å². The maximum absolute atomic E-state index is 13.3. The van der Waals surface area contributed by atoms with Gasteiger partial charge in [0.15, 0.2) is 11.6 Å². The van der Waals surface area contributed by atoms with Crippen LogP contribution in [-0.4, -0.2) is 39.9 Å². The van der Waals surface area contributed by atoms with Crippen molar-refractivity contribution in [3.05, 3.63) is 76.4 Å². The van der Waals surface area contributed by atoms with E-state index in [1.54, 1.807) is 32.1 Å². The second kappa shape index (κ2) is 8.05. The average Bonchev–Trinajstić information content (AvgIpc) is 3.07. The van der Waals surface area contributed by atoms with Crippen LogP contribution in [0.1, 0.15) is 43.7 Å². The van der Waals surface area contributed by atoms with Crippen molar-refractivity contribution in [3.8, 4) is 5.75 Å². The van der Waals surface area contributed by atoms with Gasteiger partial charge in [0.1, 0.15) is 5.75 Å². The summed E-state index contributed by atoms with van der Waals surface area (Å²) in [6.45, 7) is 7.48. The summed E-state index contributed by atoms with van der Waals surface area (Å²) < 4.78 is 0. The minimum atomic E-state index is -0.640. The molecule has 0 aromatic heterocycles. The number of amides is 2. The van der Waals surface area contributed by atoms with E-state index in [9.17, 15) is 24.3 Å². The molecular weight excluding hydrogens is 430 g/mol. The number of allylic oxidation sites excluding steroid dienone is 7. The first-order chi connectivity index (χ1) is 16.3. The lowest BCUT2D eigenvalue weighted by Gasteiger charge is -2.42. The molecule has 5 rings (SSSR count). The summed E-state index contributed by atoms with van der Waals surface area (Å²) in [6.07, 6.45) is 6.14. The van der Waals surface area contributed by atoms with Crippen molar-refractivity contribution in [2.45, 2.75) is 39.0 Å². The lowest BCUT2D eigenvalue weighted by molar-refractivity contribution is -0.139. The van der Waals surface area contributed by atoms with E-state index in [1.807, 2.05) is 12.1 Å².